The molecule has 0 spiro atoms. The molecule has 0 aliphatic heterocycles. The minimum atomic E-state index is 0.941. The number of benzene rings is 5. The summed E-state index contributed by atoms with van der Waals surface area (Å²) in [6.07, 6.45) is 17.7. The van der Waals surface area contributed by atoms with Gasteiger partial charge in [-0.1, -0.05) is 66.7 Å². The summed E-state index contributed by atoms with van der Waals surface area (Å²) in [7, 11) is 0. The molecule has 0 bridgehead atoms. The fraction of sp³-hybridized carbons (Fsp3) is 0.0690. The van der Waals surface area contributed by atoms with Gasteiger partial charge in [-0.25, -0.2) is 0 Å². The van der Waals surface area contributed by atoms with Gasteiger partial charge in [-0.15, -0.1) is 0 Å². The van der Waals surface area contributed by atoms with Gasteiger partial charge in [0.25, 0.3) is 0 Å². The summed E-state index contributed by atoms with van der Waals surface area (Å²) in [4.78, 5) is 18.3. The molecular weight excluding hydrogens is 781 g/mol. The summed E-state index contributed by atoms with van der Waals surface area (Å²) >= 11 is 0. The summed E-state index contributed by atoms with van der Waals surface area (Å²) in [5, 5.41) is 3.80. The number of aryl methyl sites for hydroxylation is 2. The van der Waals surface area contributed by atoms with Crippen molar-refractivity contribution in [3.8, 4) is 56.1 Å². The van der Waals surface area contributed by atoms with Crippen LogP contribution in [0.1, 0.15) is 34.4 Å². The first kappa shape index (κ1) is 36.4. The molecule has 0 unspecified atom stereocenters. The Balaban J connectivity index is 0.962. The van der Waals surface area contributed by atoms with Gasteiger partial charge in [0.2, 0.25) is 0 Å². The van der Waals surface area contributed by atoms with Crippen LogP contribution in [0, 0.1) is 0 Å². The van der Waals surface area contributed by atoms with Crippen LogP contribution in [0.2, 0.25) is 0 Å². The van der Waals surface area contributed by atoms with Crippen LogP contribution in [-0.2, 0) is 19.3 Å². The van der Waals surface area contributed by atoms with Crippen LogP contribution in [0.5, 0.6) is 0 Å². The molecule has 2 aliphatic carbocycles. The molecule has 13 rings (SSSR count). The van der Waals surface area contributed by atoms with Crippen molar-refractivity contribution in [2.24, 2.45) is 0 Å². The van der Waals surface area contributed by atoms with E-state index >= 15 is 0 Å². The highest BCUT2D eigenvalue weighted by Gasteiger charge is 2.27. The molecular formula is C58H40N6. The zero-order valence-corrected chi connectivity index (χ0v) is 35.0. The van der Waals surface area contributed by atoms with E-state index in [0.717, 1.165) is 59.6 Å². The molecule has 6 nitrogen and oxygen atoms in total. The summed E-state index contributed by atoms with van der Waals surface area (Å²) in [5.41, 5.74) is 23.0. The lowest BCUT2D eigenvalue weighted by atomic mass is 9.83. The number of hydrogen-bond acceptors (Lipinski definition) is 4. The van der Waals surface area contributed by atoms with Crippen LogP contribution in [-0.4, -0.2) is 29.1 Å². The number of nitrogens with zero attached hydrogens (tertiary/aromatic N) is 6. The molecule has 6 heteroatoms. The van der Waals surface area contributed by atoms with Gasteiger partial charge in [0.1, 0.15) is 0 Å². The van der Waals surface area contributed by atoms with Crippen molar-refractivity contribution in [2.75, 3.05) is 0 Å². The second kappa shape index (κ2) is 14.7. The van der Waals surface area contributed by atoms with E-state index in [9.17, 15) is 0 Å². The lowest BCUT2D eigenvalue weighted by Gasteiger charge is -2.21. The van der Waals surface area contributed by atoms with E-state index in [1.807, 2.05) is 73.6 Å². The topological polar surface area (TPSA) is 61.4 Å². The number of hydrogen-bond donors (Lipinski definition) is 0. The summed E-state index contributed by atoms with van der Waals surface area (Å²) in [6, 6.07) is 55.0. The lowest BCUT2D eigenvalue weighted by Crippen LogP contribution is -2.06. The summed E-state index contributed by atoms with van der Waals surface area (Å²) in [5.74, 6) is 0. The molecule has 64 heavy (non-hydrogen) atoms. The maximum atomic E-state index is 4.60. The van der Waals surface area contributed by atoms with Gasteiger partial charge in [0, 0.05) is 63.3 Å². The molecule has 0 radical (unpaired) electrons. The Labute approximate surface area is 370 Å². The van der Waals surface area contributed by atoms with E-state index in [1.165, 1.54) is 88.5 Å². The van der Waals surface area contributed by atoms with Crippen LogP contribution < -0.4 is 0 Å². The minimum Gasteiger partial charge on any atom is -0.311 e. The molecule has 302 valence electrons. The second-order valence-electron chi connectivity index (χ2n) is 17.0. The third kappa shape index (κ3) is 5.94. The Bertz CT molecular complexity index is 3610. The Morgan fingerprint density at radius 1 is 0.391 bits per heavy atom. The normalized spacial score (nSPS) is 13.2. The van der Waals surface area contributed by atoms with E-state index in [4.69, 9.17) is 0 Å². The van der Waals surface area contributed by atoms with Gasteiger partial charge in [-0.2, -0.15) is 0 Å². The Morgan fingerprint density at radius 2 is 0.953 bits per heavy atom. The highest BCUT2D eigenvalue weighted by Crippen LogP contribution is 2.46. The fourth-order valence-corrected chi connectivity index (χ4v) is 10.4. The van der Waals surface area contributed by atoms with Crippen LogP contribution in [0.15, 0.2) is 189 Å². The van der Waals surface area contributed by atoms with Gasteiger partial charge < -0.3 is 9.13 Å². The maximum absolute atomic E-state index is 4.60. The van der Waals surface area contributed by atoms with Gasteiger partial charge in [-0.05, 0) is 161 Å². The molecule has 2 aliphatic rings. The van der Waals surface area contributed by atoms with Crippen molar-refractivity contribution < 1.29 is 0 Å². The summed E-state index contributed by atoms with van der Waals surface area (Å²) in [6.45, 7) is 0. The molecule has 0 saturated carbocycles. The smallest absolute Gasteiger partial charge is 0.0701 e. The van der Waals surface area contributed by atoms with Crippen LogP contribution in [0.4, 0.5) is 0 Å². The Morgan fingerprint density at radius 3 is 1.56 bits per heavy atom. The highest BCUT2D eigenvalue weighted by molar-refractivity contribution is 6.12. The largest absolute Gasteiger partial charge is 0.311 e. The van der Waals surface area contributed by atoms with Gasteiger partial charge in [-0.3, -0.25) is 19.9 Å². The molecule has 6 heterocycles. The van der Waals surface area contributed by atoms with Crippen LogP contribution in [0.3, 0.4) is 0 Å². The van der Waals surface area contributed by atoms with Crippen LogP contribution in [0.25, 0.3) is 101 Å². The Kier molecular flexibility index (Phi) is 8.37. The van der Waals surface area contributed by atoms with Gasteiger partial charge in [0.05, 0.1) is 51.7 Å². The second-order valence-corrected chi connectivity index (χ2v) is 17.0. The molecule has 0 amide bonds. The summed E-state index contributed by atoms with van der Waals surface area (Å²) < 4.78 is 4.87. The molecule has 0 atom stereocenters. The molecule has 6 aromatic heterocycles. The SMILES string of the molecule is C1=C(c2ccc(-c3ccccn3)cc2)CCc2c1c1cc3c(cc1n2-c1cccnc1)-c1cc2c(cc1CC3)c1cc(-c3ccc(-c4ccccn4)cc3)ccc1n2-c1cccnc1. The number of aromatic nitrogens is 6. The van der Waals surface area contributed by atoms with E-state index in [0.29, 0.717) is 0 Å². The first-order valence-electron chi connectivity index (χ1n) is 22.1. The van der Waals surface area contributed by atoms with Crippen molar-refractivity contribution in [1.82, 2.24) is 29.1 Å². The molecule has 0 N–H and O–H groups in total. The molecule has 5 aromatic carbocycles. The zero-order chi connectivity index (χ0) is 42.1. The predicted octanol–water partition coefficient (Wildman–Crippen LogP) is 13.6. The standard InChI is InChI=1S/C58H40N6/c1-3-27-61-53(9-1)39-15-11-37(12-16-39)41-21-23-55-49(29-41)51-31-43-19-20-44-32-52-50-30-42(38-13-17-40(18-14-38)54-10-2-4-28-62-54)22-24-56(50)64(46-8-6-26-60-36-46)58(52)34-48(44)47(43)33-57(51)63(55)45-7-5-25-59-35-45/h1-18,21,23,25-36H,19-20,22,24H2. The fourth-order valence-electron chi connectivity index (χ4n) is 10.4. The van der Waals surface area contributed by atoms with E-state index in [-0.39, 0.29) is 0 Å². The third-order valence-corrected chi connectivity index (χ3v) is 13.4. The zero-order valence-electron chi connectivity index (χ0n) is 35.0. The first-order valence-corrected chi connectivity index (χ1v) is 22.1. The van der Waals surface area contributed by atoms with Crippen molar-refractivity contribution >= 4 is 44.4 Å². The minimum absolute atomic E-state index is 0.941. The third-order valence-electron chi connectivity index (χ3n) is 13.4. The van der Waals surface area contributed by atoms with Crippen molar-refractivity contribution in [2.45, 2.75) is 25.7 Å². The number of rotatable bonds is 6. The predicted molar refractivity (Wildman–Crippen MR) is 261 cm³/mol. The van der Waals surface area contributed by atoms with Crippen LogP contribution >= 0.6 is 0 Å². The number of fused-ring (bicyclic) bond motifs is 9. The average Bonchev–Trinajstić information content (AvgIpc) is 3.87. The molecule has 0 fully saturated rings. The molecule has 11 aromatic rings. The van der Waals surface area contributed by atoms with E-state index in [1.54, 1.807) is 0 Å². The molecule has 0 saturated heterocycles. The highest BCUT2D eigenvalue weighted by atomic mass is 15.0. The average molecular weight is 821 g/mol. The van der Waals surface area contributed by atoms with Crippen molar-refractivity contribution in [1.29, 1.82) is 0 Å². The monoisotopic (exact) mass is 820 g/mol. The number of pyridine rings is 4. The van der Waals surface area contributed by atoms with E-state index < -0.39 is 0 Å². The van der Waals surface area contributed by atoms with Gasteiger partial charge in [0.15, 0.2) is 0 Å². The quantitative estimate of drug-likeness (QED) is 0.168. The lowest BCUT2D eigenvalue weighted by molar-refractivity contribution is 0.894. The first-order chi connectivity index (χ1) is 31.7. The van der Waals surface area contributed by atoms with E-state index in [2.05, 4.69) is 150 Å². The maximum Gasteiger partial charge on any atom is 0.0701 e. The number of allylic oxidation sites excluding steroid dienone is 1. The van der Waals surface area contributed by atoms with Crippen molar-refractivity contribution in [3.05, 3.63) is 217 Å². The van der Waals surface area contributed by atoms with Crippen molar-refractivity contribution in [3.63, 3.8) is 0 Å². The Hall–Kier alpha value is -8.22. The van der Waals surface area contributed by atoms with Gasteiger partial charge >= 0.3 is 0 Å².